The average Bonchev–Trinajstić information content (AvgIpc) is 2.25. The van der Waals surface area contributed by atoms with Crippen LogP contribution in [0.1, 0.15) is 31.2 Å². The van der Waals surface area contributed by atoms with Gasteiger partial charge in [-0.2, -0.15) is 0 Å². The average molecular weight is 207 g/mol. The maximum Gasteiger partial charge on any atom is 0.404 e. The Hall–Kier alpha value is -1.51. The summed E-state index contributed by atoms with van der Waals surface area (Å²) in [5.74, 6) is 0.253. The van der Waals surface area contributed by atoms with Crippen molar-refractivity contribution < 1.29 is 9.53 Å². The fourth-order valence-electron chi connectivity index (χ4n) is 1.60. The number of carbonyl (C=O) groups excluding carboxylic acids is 1. The lowest BCUT2D eigenvalue weighted by Gasteiger charge is -2.15. The molecule has 0 radical (unpaired) electrons. The van der Waals surface area contributed by atoms with Crippen molar-refractivity contribution in [1.29, 1.82) is 0 Å². The van der Waals surface area contributed by atoms with Crippen molar-refractivity contribution in [2.45, 2.75) is 25.7 Å². The first kappa shape index (κ1) is 11.6. The molecule has 0 saturated heterocycles. The first-order valence-corrected chi connectivity index (χ1v) is 5.21. The van der Waals surface area contributed by atoms with Crippen molar-refractivity contribution in [2.24, 2.45) is 5.73 Å². The SMILES string of the molecule is CCCC(COC(N)=O)c1ccccc1. The van der Waals surface area contributed by atoms with Crippen LogP contribution in [0.2, 0.25) is 0 Å². The van der Waals surface area contributed by atoms with E-state index in [0.717, 1.165) is 12.8 Å². The Morgan fingerprint density at radius 1 is 1.40 bits per heavy atom. The third-order valence-electron chi connectivity index (χ3n) is 2.33. The molecule has 3 heteroatoms. The number of hydrogen-bond donors (Lipinski definition) is 1. The van der Waals surface area contributed by atoms with E-state index in [2.05, 4.69) is 6.92 Å². The Morgan fingerprint density at radius 3 is 2.60 bits per heavy atom. The lowest BCUT2D eigenvalue weighted by molar-refractivity contribution is 0.147. The topological polar surface area (TPSA) is 52.3 Å². The number of carbonyl (C=O) groups is 1. The molecular formula is C12H17NO2. The van der Waals surface area contributed by atoms with Gasteiger partial charge in [-0.1, -0.05) is 43.7 Å². The zero-order valence-corrected chi connectivity index (χ0v) is 8.98. The minimum absolute atomic E-state index is 0.253. The number of amides is 1. The Labute approximate surface area is 90.2 Å². The van der Waals surface area contributed by atoms with Gasteiger partial charge < -0.3 is 10.5 Å². The summed E-state index contributed by atoms with van der Waals surface area (Å²) in [5, 5.41) is 0. The van der Waals surface area contributed by atoms with Crippen molar-refractivity contribution in [1.82, 2.24) is 0 Å². The molecule has 3 nitrogen and oxygen atoms in total. The maximum absolute atomic E-state index is 10.5. The van der Waals surface area contributed by atoms with Crippen LogP contribution in [-0.4, -0.2) is 12.7 Å². The molecule has 15 heavy (non-hydrogen) atoms. The molecule has 1 rings (SSSR count). The van der Waals surface area contributed by atoms with Crippen LogP contribution < -0.4 is 5.73 Å². The molecule has 0 aromatic heterocycles. The van der Waals surface area contributed by atoms with E-state index < -0.39 is 6.09 Å². The van der Waals surface area contributed by atoms with Gasteiger partial charge >= 0.3 is 6.09 Å². The molecule has 0 aliphatic heterocycles. The molecule has 1 aromatic carbocycles. The van der Waals surface area contributed by atoms with Gasteiger partial charge in [0.25, 0.3) is 0 Å². The molecule has 82 valence electrons. The minimum atomic E-state index is -0.702. The highest BCUT2D eigenvalue weighted by Crippen LogP contribution is 2.21. The first-order valence-electron chi connectivity index (χ1n) is 5.21. The van der Waals surface area contributed by atoms with Crippen molar-refractivity contribution in [3.05, 3.63) is 35.9 Å². The van der Waals surface area contributed by atoms with Crippen LogP contribution >= 0.6 is 0 Å². The number of ether oxygens (including phenoxy) is 1. The highest BCUT2D eigenvalue weighted by atomic mass is 16.5. The van der Waals surface area contributed by atoms with Crippen LogP contribution in [0.5, 0.6) is 0 Å². The van der Waals surface area contributed by atoms with Crippen LogP contribution in [0, 0.1) is 0 Å². The zero-order valence-electron chi connectivity index (χ0n) is 8.98. The third-order valence-corrected chi connectivity index (χ3v) is 2.33. The molecule has 0 heterocycles. The molecule has 0 aliphatic rings. The summed E-state index contributed by atoms with van der Waals surface area (Å²) >= 11 is 0. The Kier molecular flexibility index (Phi) is 4.68. The Bertz CT molecular complexity index is 298. The molecule has 0 aliphatic carbocycles. The molecule has 1 atom stereocenters. The highest BCUT2D eigenvalue weighted by Gasteiger charge is 2.11. The fourth-order valence-corrected chi connectivity index (χ4v) is 1.60. The maximum atomic E-state index is 10.5. The first-order chi connectivity index (χ1) is 7.24. The lowest BCUT2D eigenvalue weighted by atomic mass is 9.95. The summed E-state index contributed by atoms with van der Waals surface area (Å²) < 4.78 is 4.85. The summed E-state index contributed by atoms with van der Waals surface area (Å²) in [7, 11) is 0. The summed E-state index contributed by atoms with van der Waals surface area (Å²) in [6.45, 7) is 2.48. The zero-order chi connectivity index (χ0) is 11.1. The molecule has 0 spiro atoms. The molecule has 2 N–H and O–H groups in total. The van der Waals surface area contributed by atoms with Gasteiger partial charge in [0, 0.05) is 5.92 Å². The van der Waals surface area contributed by atoms with Gasteiger partial charge in [0.05, 0.1) is 0 Å². The van der Waals surface area contributed by atoms with E-state index >= 15 is 0 Å². The van der Waals surface area contributed by atoms with Crippen molar-refractivity contribution in [3.63, 3.8) is 0 Å². The monoisotopic (exact) mass is 207 g/mol. The van der Waals surface area contributed by atoms with Gasteiger partial charge in [0.15, 0.2) is 0 Å². The fraction of sp³-hybridized carbons (Fsp3) is 0.417. The molecule has 0 saturated carbocycles. The van der Waals surface area contributed by atoms with Gasteiger partial charge in [0.2, 0.25) is 0 Å². The van der Waals surface area contributed by atoms with E-state index in [9.17, 15) is 4.79 Å². The van der Waals surface area contributed by atoms with E-state index in [1.165, 1.54) is 5.56 Å². The van der Waals surface area contributed by atoms with Crippen molar-refractivity contribution in [3.8, 4) is 0 Å². The summed E-state index contributed by atoms with van der Waals surface area (Å²) in [6, 6.07) is 10.0. The molecule has 1 unspecified atom stereocenters. The predicted molar refractivity (Wildman–Crippen MR) is 59.6 cm³/mol. The van der Waals surface area contributed by atoms with Gasteiger partial charge in [-0.3, -0.25) is 0 Å². The molecule has 0 bridgehead atoms. The Balaban J connectivity index is 2.61. The van der Waals surface area contributed by atoms with Crippen LogP contribution in [0.25, 0.3) is 0 Å². The normalized spacial score (nSPS) is 12.1. The Morgan fingerprint density at radius 2 is 2.07 bits per heavy atom. The van der Waals surface area contributed by atoms with Crippen LogP contribution in [-0.2, 0) is 4.74 Å². The van der Waals surface area contributed by atoms with Crippen LogP contribution in [0.3, 0.4) is 0 Å². The van der Waals surface area contributed by atoms with E-state index in [1.807, 2.05) is 30.3 Å². The van der Waals surface area contributed by atoms with E-state index in [4.69, 9.17) is 10.5 Å². The molecule has 1 aromatic rings. The second kappa shape index (κ2) is 6.06. The summed E-state index contributed by atoms with van der Waals surface area (Å²) in [4.78, 5) is 10.5. The predicted octanol–water partition coefficient (Wildman–Crippen LogP) is 2.67. The van der Waals surface area contributed by atoms with Gasteiger partial charge in [-0.05, 0) is 12.0 Å². The standard InChI is InChI=1S/C12H17NO2/c1-2-6-11(9-15-12(13)14)10-7-4-3-5-8-10/h3-5,7-8,11H,2,6,9H2,1H3,(H2,13,14). The number of hydrogen-bond acceptors (Lipinski definition) is 2. The number of rotatable bonds is 5. The highest BCUT2D eigenvalue weighted by molar-refractivity contribution is 5.64. The largest absolute Gasteiger partial charge is 0.449 e. The van der Waals surface area contributed by atoms with E-state index in [0.29, 0.717) is 6.61 Å². The van der Waals surface area contributed by atoms with Gasteiger partial charge in [-0.15, -0.1) is 0 Å². The number of benzene rings is 1. The summed E-state index contributed by atoms with van der Waals surface area (Å²) in [6.07, 6.45) is 1.35. The van der Waals surface area contributed by atoms with Crippen molar-refractivity contribution in [2.75, 3.05) is 6.61 Å². The van der Waals surface area contributed by atoms with Gasteiger partial charge in [-0.25, -0.2) is 4.79 Å². The lowest BCUT2D eigenvalue weighted by Crippen LogP contribution is -2.17. The van der Waals surface area contributed by atoms with Gasteiger partial charge in [0.1, 0.15) is 6.61 Å². The van der Waals surface area contributed by atoms with Crippen LogP contribution in [0.15, 0.2) is 30.3 Å². The van der Waals surface area contributed by atoms with Crippen LogP contribution in [0.4, 0.5) is 4.79 Å². The van der Waals surface area contributed by atoms with E-state index in [-0.39, 0.29) is 5.92 Å². The molecule has 0 fully saturated rings. The molecule has 1 amide bonds. The smallest absolute Gasteiger partial charge is 0.404 e. The number of primary amides is 1. The second-order valence-electron chi connectivity index (χ2n) is 3.53. The van der Waals surface area contributed by atoms with Crippen molar-refractivity contribution >= 4 is 6.09 Å². The van der Waals surface area contributed by atoms with E-state index in [1.54, 1.807) is 0 Å². The molecular weight excluding hydrogens is 190 g/mol. The third kappa shape index (κ3) is 4.02. The summed E-state index contributed by atoms with van der Waals surface area (Å²) in [5.41, 5.74) is 6.15. The number of nitrogens with two attached hydrogens (primary N) is 1. The quantitative estimate of drug-likeness (QED) is 0.807. The minimum Gasteiger partial charge on any atom is -0.449 e. The second-order valence-corrected chi connectivity index (χ2v) is 3.53.